The standard InChI is InChI=1S/C16H24N4O2/c1-3-18(4-2)16(22)20-11-9-19(10-12-20)15(21)13-7-5-6-8-14(13)17/h5-8H,3-4,9-12,17H2,1-2H3. The fourth-order valence-electron chi connectivity index (χ4n) is 2.66. The van der Waals surface area contributed by atoms with Crippen molar-refractivity contribution in [1.29, 1.82) is 0 Å². The predicted octanol–water partition coefficient (Wildman–Crippen LogP) is 1.49. The Morgan fingerprint density at radius 3 is 2.14 bits per heavy atom. The smallest absolute Gasteiger partial charge is 0.320 e. The SMILES string of the molecule is CCN(CC)C(=O)N1CCN(C(=O)c2ccccc2N)CC1. The van der Waals surface area contributed by atoms with E-state index in [1.165, 1.54) is 0 Å². The van der Waals surface area contributed by atoms with Crippen LogP contribution in [-0.2, 0) is 0 Å². The van der Waals surface area contributed by atoms with Gasteiger partial charge in [-0.1, -0.05) is 12.1 Å². The van der Waals surface area contributed by atoms with E-state index < -0.39 is 0 Å². The van der Waals surface area contributed by atoms with Gasteiger partial charge in [0.05, 0.1) is 5.56 Å². The van der Waals surface area contributed by atoms with E-state index in [9.17, 15) is 9.59 Å². The molecular weight excluding hydrogens is 280 g/mol. The summed E-state index contributed by atoms with van der Waals surface area (Å²) in [5.41, 5.74) is 6.89. The molecule has 0 saturated carbocycles. The zero-order valence-corrected chi connectivity index (χ0v) is 13.3. The number of hydrogen-bond acceptors (Lipinski definition) is 3. The number of carbonyl (C=O) groups excluding carboxylic acids is 2. The number of urea groups is 1. The Kier molecular flexibility index (Phi) is 5.25. The molecule has 2 rings (SSSR count). The van der Waals surface area contributed by atoms with Crippen LogP contribution in [-0.4, -0.2) is 65.9 Å². The van der Waals surface area contributed by atoms with Crippen molar-refractivity contribution in [3.8, 4) is 0 Å². The molecule has 1 aromatic rings. The van der Waals surface area contributed by atoms with Gasteiger partial charge in [-0.25, -0.2) is 4.79 Å². The van der Waals surface area contributed by atoms with Crippen molar-refractivity contribution in [2.45, 2.75) is 13.8 Å². The van der Waals surface area contributed by atoms with Crippen LogP contribution in [0.2, 0.25) is 0 Å². The average Bonchev–Trinajstić information content (AvgIpc) is 2.56. The molecule has 0 spiro atoms. The minimum absolute atomic E-state index is 0.0522. The Balaban J connectivity index is 1.96. The second kappa shape index (κ2) is 7.15. The van der Waals surface area contributed by atoms with E-state index in [4.69, 9.17) is 5.73 Å². The number of carbonyl (C=O) groups is 2. The summed E-state index contributed by atoms with van der Waals surface area (Å²) >= 11 is 0. The molecule has 3 amide bonds. The van der Waals surface area contributed by atoms with Crippen LogP contribution in [0.15, 0.2) is 24.3 Å². The molecule has 1 fully saturated rings. The lowest BCUT2D eigenvalue weighted by Crippen LogP contribution is -2.54. The quantitative estimate of drug-likeness (QED) is 0.860. The summed E-state index contributed by atoms with van der Waals surface area (Å²) in [7, 11) is 0. The average molecular weight is 304 g/mol. The van der Waals surface area contributed by atoms with E-state index >= 15 is 0 Å². The number of para-hydroxylation sites is 1. The Bertz CT molecular complexity index is 535. The van der Waals surface area contributed by atoms with Crippen LogP contribution in [0, 0.1) is 0 Å². The highest BCUT2D eigenvalue weighted by Gasteiger charge is 2.27. The largest absolute Gasteiger partial charge is 0.398 e. The molecule has 1 aliphatic rings. The third-order valence-corrected chi connectivity index (χ3v) is 4.06. The van der Waals surface area contributed by atoms with E-state index in [1.54, 1.807) is 21.9 Å². The summed E-state index contributed by atoms with van der Waals surface area (Å²) in [5, 5.41) is 0. The molecule has 2 N–H and O–H groups in total. The van der Waals surface area contributed by atoms with Gasteiger partial charge in [-0.15, -0.1) is 0 Å². The number of nitrogen functional groups attached to an aromatic ring is 1. The lowest BCUT2D eigenvalue weighted by atomic mass is 10.1. The molecule has 1 heterocycles. The molecule has 1 aromatic carbocycles. The van der Waals surface area contributed by atoms with Crippen molar-refractivity contribution in [3.05, 3.63) is 29.8 Å². The van der Waals surface area contributed by atoms with Crippen molar-refractivity contribution in [3.63, 3.8) is 0 Å². The Morgan fingerprint density at radius 1 is 1.05 bits per heavy atom. The van der Waals surface area contributed by atoms with E-state index in [0.29, 0.717) is 50.5 Å². The van der Waals surface area contributed by atoms with E-state index in [2.05, 4.69) is 0 Å². The summed E-state index contributed by atoms with van der Waals surface area (Å²) in [5.74, 6) is -0.0620. The zero-order valence-electron chi connectivity index (χ0n) is 13.3. The van der Waals surface area contributed by atoms with E-state index in [-0.39, 0.29) is 11.9 Å². The number of nitrogens with zero attached hydrogens (tertiary/aromatic N) is 3. The van der Waals surface area contributed by atoms with Crippen LogP contribution in [0.1, 0.15) is 24.2 Å². The molecule has 1 aliphatic heterocycles. The Morgan fingerprint density at radius 2 is 1.59 bits per heavy atom. The van der Waals surface area contributed by atoms with Crippen molar-refractivity contribution >= 4 is 17.6 Å². The van der Waals surface area contributed by atoms with Gasteiger partial charge in [-0.05, 0) is 26.0 Å². The molecule has 1 saturated heterocycles. The van der Waals surface area contributed by atoms with E-state index in [0.717, 1.165) is 0 Å². The number of hydrogen-bond donors (Lipinski definition) is 1. The number of rotatable bonds is 3. The van der Waals surface area contributed by atoms with Crippen molar-refractivity contribution in [2.24, 2.45) is 0 Å². The highest BCUT2D eigenvalue weighted by Crippen LogP contribution is 2.15. The maximum atomic E-state index is 12.5. The maximum Gasteiger partial charge on any atom is 0.320 e. The van der Waals surface area contributed by atoms with Crippen LogP contribution in [0.4, 0.5) is 10.5 Å². The number of anilines is 1. The third kappa shape index (κ3) is 3.32. The summed E-state index contributed by atoms with van der Waals surface area (Å²) in [6, 6.07) is 7.14. The van der Waals surface area contributed by atoms with Crippen LogP contribution >= 0.6 is 0 Å². The molecule has 0 aliphatic carbocycles. The number of amides is 3. The fourth-order valence-corrected chi connectivity index (χ4v) is 2.66. The fraction of sp³-hybridized carbons (Fsp3) is 0.500. The van der Waals surface area contributed by atoms with Crippen molar-refractivity contribution in [2.75, 3.05) is 45.0 Å². The minimum atomic E-state index is -0.0620. The van der Waals surface area contributed by atoms with Crippen LogP contribution < -0.4 is 5.73 Å². The summed E-state index contributed by atoms with van der Waals surface area (Å²) < 4.78 is 0. The lowest BCUT2D eigenvalue weighted by Gasteiger charge is -2.37. The minimum Gasteiger partial charge on any atom is -0.398 e. The van der Waals surface area contributed by atoms with Crippen molar-refractivity contribution < 1.29 is 9.59 Å². The van der Waals surface area contributed by atoms with Gasteiger partial charge in [0.15, 0.2) is 0 Å². The first-order valence-electron chi connectivity index (χ1n) is 7.76. The lowest BCUT2D eigenvalue weighted by molar-refractivity contribution is 0.0642. The summed E-state index contributed by atoms with van der Waals surface area (Å²) in [6.45, 7) is 7.56. The third-order valence-electron chi connectivity index (χ3n) is 4.06. The zero-order chi connectivity index (χ0) is 16.1. The molecule has 0 radical (unpaired) electrons. The second-order valence-electron chi connectivity index (χ2n) is 5.32. The van der Waals surface area contributed by atoms with Crippen LogP contribution in [0.5, 0.6) is 0 Å². The van der Waals surface area contributed by atoms with Gasteiger partial charge in [0.25, 0.3) is 5.91 Å². The number of nitrogens with two attached hydrogens (primary N) is 1. The van der Waals surface area contributed by atoms with Crippen LogP contribution in [0.25, 0.3) is 0 Å². The highest BCUT2D eigenvalue weighted by atomic mass is 16.2. The molecule has 0 bridgehead atoms. The van der Waals surface area contributed by atoms with Gasteiger partial charge >= 0.3 is 6.03 Å². The highest BCUT2D eigenvalue weighted by molar-refractivity contribution is 5.99. The monoisotopic (exact) mass is 304 g/mol. The molecule has 0 unspecified atom stereocenters. The van der Waals surface area contributed by atoms with Gasteiger partial charge in [0.2, 0.25) is 0 Å². The number of piperazine rings is 1. The molecule has 6 nitrogen and oxygen atoms in total. The normalized spacial score (nSPS) is 14.8. The van der Waals surface area contributed by atoms with Gasteiger partial charge in [-0.3, -0.25) is 4.79 Å². The molecule has 120 valence electrons. The van der Waals surface area contributed by atoms with Gasteiger partial charge < -0.3 is 20.4 Å². The molecule has 0 atom stereocenters. The molecular formula is C16H24N4O2. The summed E-state index contributed by atoms with van der Waals surface area (Å²) in [4.78, 5) is 30.1. The van der Waals surface area contributed by atoms with Crippen molar-refractivity contribution in [1.82, 2.24) is 14.7 Å². The van der Waals surface area contributed by atoms with Crippen LogP contribution in [0.3, 0.4) is 0 Å². The van der Waals surface area contributed by atoms with Gasteiger partial charge in [0.1, 0.15) is 0 Å². The first-order valence-corrected chi connectivity index (χ1v) is 7.76. The first-order chi connectivity index (χ1) is 10.6. The van der Waals surface area contributed by atoms with Gasteiger partial charge in [0, 0.05) is 45.0 Å². The maximum absolute atomic E-state index is 12.5. The Labute approximate surface area is 131 Å². The number of benzene rings is 1. The Hall–Kier alpha value is -2.24. The predicted molar refractivity (Wildman–Crippen MR) is 86.6 cm³/mol. The topological polar surface area (TPSA) is 69.9 Å². The molecule has 0 aromatic heterocycles. The summed E-state index contributed by atoms with van der Waals surface area (Å²) in [6.07, 6.45) is 0. The molecule has 22 heavy (non-hydrogen) atoms. The first kappa shape index (κ1) is 16.1. The van der Waals surface area contributed by atoms with Gasteiger partial charge in [-0.2, -0.15) is 0 Å². The second-order valence-corrected chi connectivity index (χ2v) is 5.32. The molecule has 6 heteroatoms. The van der Waals surface area contributed by atoms with E-state index in [1.807, 2.05) is 30.9 Å².